The zero-order chi connectivity index (χ0) is 18.0. The summed E-state index contributed by atoms with van der Waals surface area (Å²) < 4.78 is 0. The van der Waals surface area contributed by atoms with Crippen LogP contribution in [0.1, 0.15) is 12.0 Å². The lowest BCUT2D eigenvalue weighted by Gasteiger charge is -2.36. The van der Waals surface area contributed by atoms with E-state index in [1.807, 2.05) is 36.4 Å². The molecule has 0 bridgehead atoms. The molecule has 1 N–H and O–H groups in total. The van der Waals surface area contributed by atoms with Crippen molar-refractivity contribution >= 4 is 17.7 Å². The van der Waals surface area contributed by atoms with Crippen LogP contribution in [0.2, 0.25) is 0 Å². The van der Waals surface area contributed by atoms with E-state index in [0.29, 0.717) is 0 Å². The van der Waals surface area contributed by atoms with Crippen LogP contribution in [0.15, 0.2) is 66.7 Å². The number of benzene rings is 2. The summed E-state index contributed by atoms with van der Waals surface area (Å²) in [5, 5.41) is 2.96. The summed E-state index contributed by atoms with van der Waals surface area (Å²) >= 11 is 0. The number of carbonyl (C=O) groups excluding carboxylic acids is 1. The first-order valence-electron chi connectivity index (χ1n) is 9.34. The zero-order valence-electron chi connectivity index (χ0n) is 15.2. The number of carbonyl (C=O) groups is 1. The van der Waals surface area contributed by atoms with Gasteiger partial charge in [0.25, 0.3) is 0 Å². The topological polar surface area (TPSA) is 35.6 Å². The zero-order valence-corrected chi connectivity index (χ0v) is 15.2. The fraction of sp³-hybridized carbons (Fsp3) is 0.318. The Bertz CT molecular complexity index is 692. The molecule has 1 saturated heterocycles. The minimum atomic E-state index is -0.0252. The number of anilines is 1. The van der Waals surface area contributed by atoms with Gasteiger partial charge in [0.2, 0.25) is 5.91 Å². The Kier molecular flexibility index (Phi) is 6.85. The molecule has 1 aliphatic rings. The summed E-state index contributed by atoms with van der Waals surface area (Å²) in [6.07, 6.45) is 4.43. The molecule has 26 heavy (non-hydrogen) atoms. The molecule has 0 aliphatic carbocycles. The number of piperazine rings is 1. The lowest BCUT2D eigenvalue weighted by atomic mass is 10.2. The molecule has 2 aromatic rings. The second-order valence-electron chi connectivity index (χ2n) is 6.55. The molecule has 4 nitrogen and oxygen atoms in total. The standard InChI is InChI=1S/C22H27N3O/c26-22(13-12-20-8-3-1-4-9-20)23-14-7-15-24-16-18-25(19-17-24)21-10-5-2-6-11-21/h1-6,8-13H,7,14-19H2,(H,23,26)/b13-12+. The third-order valence-corrected chi connectivity index (χ3v) is 4.67. The summed E-state index contributed by atoms with van der Waals surface area (Å²) in [5.74, 6) is -0.0252. The van der Waals surface area contributed by atoms with Gasteiger partial charge in [-0.15, -0.1) is 0 Å². The van der Waals surface area contributed by atoms with Gasteiger partial charge in [0.15, 0.2) is 0 Å². The Balaban J connectivity index is 1.30. The lowest BCUT2D eigenvalue weighted by Crippen LogP contribution is -2.47. The van der Waals surface area contributed by atoms with Crippen LogP contribution in [0.25, 0.3) is 6.08 Å². The van der Waals surface area contributed by atoms with Crippen molar-refractivity contribution in [2.45, 2.75) is 6.42 Å². The highest BCUT2D eigenvalue weighted by Crippen LogP contribution is 2.15. The normalized spacial score (nSPS) is 15.3. The average molecular weight is 349 g/mol. The smallest absolute Gasteiger partial charge is 0.243 e. The summed E-state index contributed by atoms with van der Waals surface area (Å²) in [6, 6.07) is 20.5. The minimum absolute atomic E-state index is 0.0252. The molecule has 2 aromatic carbocycles. The van der Waals surface area contributed by atoms with Crippen molar-refractivity contribution in [1.82, 2.24) is 10.2 Å². The van der Waals surface area contributed by atoms with E-state index in [0.717, 1.165) is 51.3 Å². The van der Waals surface area contributed by atoms with Crippen LogP contribution in [0.3, 0.4) is 0 Å². The van der Waals surface area contributed by atoms with E-state index in [1.54, 1.807) is 6.08 Å². The molecular formula is C22H27N3O. The summed E-state index contributed by atoms with van der Waals surface area (Å²) in [5.41, 5.74) is 2.35. The maximum absolute atomic E-state index is 11.8. The number of para-hydroxylation sites is 1. The van der Waals surface area contributed by atoms with Gasteiger partial charge in [0.1, 0.15) is 0 Å². The highest BCUT2D eigenvalue weighted by molar-refractivity contribution is 5.91. The first-order valence-corrected chi connectivity index (χ1v) is 9.34. The molecule has 136 valence electrons. The van der Waals surface area contributed by atoms with E-state index < -0.39 is 0 Å². The fourth-order valence-electron chi connectivity index (χ4n) is 3.18. The molecule has 0 unspecified atom stereocenters. The molecule has 1 amide bonds. The van der Waals surface area contributed by atoms with Crippen molar-refractivity contribution in [2.24, 2.45) is 0 Å². The number of hydrogen-bond acceptors (Lipinski definition) is 3. The molecule has 0 spiro atoms. The van der Waals surface area contributed by atoms with Crippen molar-refractivity contribution in [3.63, 3.8) is 0 Å². The number of rotatable bonds is 7. The van der Waals surface area contributed by atoms with E-state index >= 15 is 0 Å². The highest BCUT2D eigenvalue weighted by atomic mass is 16.1. The van der Waals surface area contributed by atoms with Crippen LogP contribution >= 0.6 is 0 Å². The Morgan fingerprint density at radius 2 is 1.58 bits per heavy atom. The van der Waals surface area contributed by atoms with Crippen molar-refractivity contribution in [3.05, 3.63) is 72.3 Å². The van der Waals surface area contributed by atoms with Crippen LogP contribution in [-0.4, -0.2) is 50.1 Å². The van der Waals surface area contributed by atoms with Crippen LogP contribution in [0.5, 0.6) is 0 Å². The SMILES string of the molecule is O=C(/C=C/c1ccccc1)NCCCN1CCN(c2ccccc2)CC1. The number of nitrogens with one attached hydrogen (secondary N) is 1. The van der Waals surface area contributed by atoms with Crippen LogP contribution in [0, 0.1) is 0 Å². The van der Waals surface area contributed by atoms with Crippen molar-refractivity contribution in [2.75, 3.05) is 44.2 Å². The quantitative estimate of drug-likeness (QED) is 0.616. The maximum Gasteiger partial charge on any atom is 0.243 e. The van der Waals surface area contributed by atoms with Gasteiger partial charge in [-0.25, -0.2) is 0 Å². The van der Waals surface area contributed by atoms with Crippen LogP contribution in [-0.2, 0) is 4.79 Å². The van der Waals surface area contributed by atoms with Gasteiger partial charge in [-0.2, -0.15) is 0 Å². The molecule has 1 aliphatic heterocycles. The largest absolute Gasteiger partial charge is 0.369 e. The fourth-order valence-corrected chi connectivity index (χ4v) is 3.18. The van der Waals surface area contributed by atoms with Gasteiger partial charge in [-0.1, -0.05) is 48.5 Å². The summed E-state index contributed by atoms with van der Waals surface area (Å²) in [7, 11) is 0. The number of hydrogen-bond donors (Lipinski definition) is 1. The van der Waals surface area contributed by atoms with E-state index in [9.17, 15) is 4.79 Å². The van der Waals surface area contributed by atoms with E-state index in [2.05, 4.69) is 45.4 Å². The Labute approximate surface area is 156 Å². The number of nitrogens with zero attached hydrogens (tertiary/aromatic N) is 2. The first kappa shape index (κ1) is 18.2. The van der Waals surface area contributed by atoms with E-state index in [1.165, 1.54) is 5.69 Å². The monoisotopic (exact) mass is 349 g/mol. The third kappa shape index (κ3) is 5.74. The molecule has 0 radical (unpaired) electrons. The second-order valence-corrected chi connectivity index (χ2v) is 6.55. The van der Waals surface area contributed by atoms with Gasteiger partial charge in [0.05, 0.1) is 0 Å². The Morgan fingerprint density at radius 1 is 0.923 bits per heavy atom. The van der Waals surface area contributed by atoms with Gasteiger partial charge >= 0.3 is 0 Å². The molecule has 0 saturated carbocycles. The number of amides is 1. The minimum Gasteiger partial charge on any atom is -0.369 e. The molecule has 1 heterocycles. The van der Waals surface area contributed by atoms with E-state index in [4.69, 9.17) is 0 Å². The lowest BCUT2D eigenvalue weighted by molar-refractivity contribution is -0.116. The van der Waals surface area contributed by atoms with Gasteiger partial charge < -0.3 is 10.2 Å². The molecule has 4 heteroatoms. The molecular weight excluding hydrogens is 322 g/mol. The molecule has 1 fully saturated rings. The average Bonchev–Trinajstić information content (AvgIpc) is 2.71. The van der Waals surface area contributed by atoms with Gasteiger partial charge in [0, 0.05) is 44.5 Å². The van der Waals surface area contributed by atoms with Crippen LogP contribution in [0.4, 0.5) is 5.69 Å². The Hall–Kier alpha value is -2.59. The molecule has 0 atom stereocenters. The Morgan fingerprint density at radius 3 is 2.27 bits per heavy atom. The third-order valence-electron chi connectivity index (χ3n) is 4.67. The second kappa shape index (κ2) is 9.78. The predicted octanol–water partition coefficient (Wildman–Crippen LogP) is 3.03. The van der Waals surface area contributed by atoms with Crippen molar-refractivity contribution in [1.29, 1.82) is 0 Å². The molecule has 3 rings (SSSR count). The summed E-state index contributed by atoms with van der Waals surface area (Å²) in [6.45, 7) is 6.04. The highest BCUT2D eigenvalue weighted by Gasteiger charge is 2.16. The van der Waals surface area contributed by atoms with Gasteiger partial charge in [-0.3, -0.25) is 9.69 Å². The van der Waals surface area contributed by atoms with Crippen molar-refractivity contribution < 1.29 is 4.79 Å². The predicted molar refractivity (Wildman–Crippen MR) is 108 cm³/mol. The maximum atomic E-state index is 11.8. The van der Waals surface area contributed by atoms with Crippen molar-refractivity contribution in [3.8, 4) is 0 Å². The molecule has 0 aromatic heterocycles. The van der Waals surface area contributed by atoms with Gasteiger partial charge in [-0.05, 0) is 36.7 Å². The van der Waals surface area contributed by atoms with E-state index in [-0.39, 0.29) is 5.91 Å². The summed E-state index contributed by atoms with van der Waals surface area (Å²) in [4.78, 5) is 16.8. The van der Waals surface area contributed by atoms with Crippen LogP contribution < -0.4 is 10.2 Å². The first-order chi connectivity index (χ1) is 12.8.